The minimum Gasteiger partial charge on any atom is -0.378 e. The van der Waals surface area contributed by atoms with Crippen molar-refractivity contribution in [3.05, 3.63) is 34.2 Å². The maximum absolute atomic E-state index is 11.9. The molecule has 7 heteroatoms. The Morgan fingerprint density at radius 3 is 2.57 bits per heavy atom. The molecule has 0 aromatic carbocycles. The Morgan fingerprint density at radius 1 is 1.21 bits per heavy atom. The van der Waals surface area contributed by atoms with Gasteiger partial charge in [-0.3, -0.25) is 9.79 Å². The number of hydrogen-bond donors (Lipinski definition) is 2. The average molecular weight is 506 g/mol. The van der Waals surface area contributed by atoms with E-state index in [1.807, 2.05) is 30.5 Å². The van der Waals surface area contributed by atoms with Crippen LogP contribution in [0.2, 0.25) is 0 Å². The fourth-order valence-corrected chi connectivity index (χ4v) is 2.98. The quantitative estimate of drug-likeness (QED) is 0.197. The molecular formula is C21H39IN4O2. The van der Waals surface area contributed by atoms with Gasteiger partial charge in [-0.1, -0.05) is 19.9 Å². The van der Waals surface area contributed by atoms with Gasteiger partial charge in [0.05, 0.1) is 6.10 Å². The summed E-state index contributed by atoms with van der Waals surface area (Å²) in [5.41, 5.74) is 1.08. The van der Waals surface area contributed by atoms with Gasteiger partial charge in [0.2, 0.25) is 0 Å². The van der Waals surface area contributed by atoms with Crippen molar-refractivity contribution in [3.63, 3.8) is 0 Å². The van der Waals surface area contributed by atoms with Gasteiger partial charge >= 0.3 is 0 Å². The molecule has 28 heavy (non-hydrogen) atoms. The van der Waals surface area contributed by atoms with E-state index >= 15 is 0 Å². The lowest BCUT2D eigenvalue weighted by molar-refractivity contribution is 0.0258. The minimum atomic E-state index is 0. The lowest BCUT2D eigenvalue weighted by atomic mass is 10.0. The minimum absolute atomic E-state index is 0. The summed E-state index contributed by atoms with van der Waals surface area (Å²) in [4.78, 5) is 16.5. The van der Waals surface area contributed by atoms with Crippen molar-refractivity contribution in [3.8, 4) is 0 Å². The fraction of sp³-hybridized carbons (Fsp3) is 0.714. The number of pyridine rings is 1. The monoisotopic (exact) mass is 506 g/mol. The molecule has 0 radical (unpaired) electrons. The summed E-state index contributed by atoms with van der Waals surface area (Å²) in [7, 11) is 0. The zero-order chi connectivity index (χ0) is 20.1. The summed E-state index contributed by atoms with van der Waals surface area (Å²) in [5, 5.41) is 6.68. The van der Waals surface area contributed by atoms with Crippen LogP contribution < -0.4 is 16.2 Å². The lowest BCUT2D eigenvalue weighted by Gasteiger charge is -2.21. The van der Waals surface area contributed by atoms with E-state index < -0.39 is 0 Å². The number of nitrogens with one attached hydrogen (secondary N) is 2. The predicted molar refractivity (Wildman–Crippen MR) is 129 cm³/mol. The van der Waals surface area contributed by atoms with E-state index in [1.54, 1.807) is 6.07 Å². The fourth-order valence-electron chi connectivity index (χ4n) is 2.98. The van der Waals surface area contributed by atoms with Crippen LogP contribution in [-0.2, 0) is 11.3 Å². The zero-order valence-corrected chi connectivity index (χ0v) is 20.5. The third-order valence-corrected chi connectivity index (χ3v) is 4.52. The first kappa shape index (κ1) is 26.9. The van der Waals surface area contributed by atoms with Crippen LogP contribution in [-0.4, -0.2) is 42.9 Å². The molecular weight excluding hydrogens is 467 g/mol. The van der Waals surface area contributed by atoms with Crippen LogP contribution in [0.5, 0.6) is 0 Å². The molecule has 2 N–H and O–H groups in total. The van der Waals surface area contributed by atoms with Crippen molar-refractivity contribution < 1.29 is 4.74 Å². The van der Waals surface area contributed by atoms with Crippen molar-refractivity contribution in [1.82, 2.24) is 15.2 Å². The number of hydrogen-bond acceptors (Lipinski definition) is 3. The number of aryl methyl sites for hydroxylation is 1. The van der Waals surface area contributed by atoms with Crippen LogP contribution in [0, 0.1) is 12.8 Å². The summed E-state index contributed by atoms with van der Waals surface area (Å²) >= 11 is 0. The van der Waals surface area contributed by atoms with Gasteiger partial charge in [0.1, 0.15) is 0 Å². The normalized spacial score (nSPS) is 12.6. The third kappa shape index (κ3) is 10.5. The molecule has 0 saturated heterocycles. The summed E-state index contributed by atoms with van der Waals surface area (Å²) in [6.07, 6.45) is 3.13. The van der Waals surface area contributed by atoms with Gasteiger partial charge < -0.3 is 19.9 Å². The molecule has 1 heterocycles. The van der Waals surface area contributed by atoms with Gasteiger partial charge in [-0.25, -0.2) is 0 Å². The van der Waals surface area contributed by atoms with E-state index in [1.165, 1.54) is 0 Å². The summed E-state index contributed by atoms with van der Waals surface area (Å²) in [6.45, 7) is 14.4. The molecule has 0 aliphatic carbocycles. The number of ether oxygens (including phenoxy) is 1. The molecule has 0 amide bonds. The average Bonchev–Trinajstić information content (AvgIpc) is 2.62. The highest BCUT2D eigenvalue weighted by Gasteiger charge is 2.12. The first-order valence-corrected chi connectivity index (χ1v) is 10.3. The molecule has 6 nitrogen and oxygen atoms in total. The van der Waals surface area contributed by atoms with Crippen LogP contribution in [0.1, 0.15) is 52.7 Å². The van der Waals surface area contributed by atoms with Gasteiger partial charge in [0.15, 0.2) is 5.96 Å². The number of guanidine groups is 1. The highest BCUT2D eigenvalue weighted by atomic mass is 127. The van der Waals surface area contributed by atoms with E-state index in [2.05, 4.69) is 36.4 Å². The molecule has 1 aromatic heterocycles. The largest absolute Gasteiger partial charge is 0.378 e. The Labute approximate surface area is 187 Å². The standard InChI is InChI=1S/C21H38N4O2.HI/c1-6-22-21(24-15-13-19(17(3)4)27-7-2)23-14-8-9-16-25-18(5)11-10-12-20(25)26;/h10-12,17,19H,6-9,13-16H2,1-5H3,(H2,22,23,24);1H. The molecule has 0 fully saturated rings. The lowest BCUT2D eigenvalue weighted by Crippen LogP contribution is -2.39. The van der Waals surface area contributed by atoms with Gasteiger partial charge in [-0.05, 0) is 52.0 Å². The number of aliphatic imine (C=N–C) groups is 1. The molecule has 0 aliphatic heterocycles. The number of nitrogens with zero attached hydrogens (tertiary/aromatic N) is 2. The van der Waals surface area contributed by atoms with Crippen molar-refractivity contribution in [1.29, 1.82) is 0 Å². The predicted octanol–water partition coefficient (Wildman–Crippen LogP) is 3.56. The van der Waals surface area contributed by atoms with Crippen LogP contribution >= 0.6 is 24.0 Å². The second kappa shape index (κ2) is 15.8. The molecule has 1 aromatic rings. The van der Waals surface area contributed by atoms with E-state index in [-0.39, 0.29) is 35.6 Å². The molecule has 0 aliphatic rings. The van der Waals surface area contributed by atoms with Crippen molar-refractivity contribution in [2.75, 3.05) is 26.2 Å². The Balaban J connectivity index is 0.00000729. The molecule has 162 valence electrons. The smallest absolute Gasteiger partial charge is 0.250 e. The Hall–Kier alpha value is -1.09. The van der Waals surface area contributed by atoms with Crippen molar-refractivity contribution >= 4 is 29.9 Å². The topological polar surface area (TPSA) is 67.7 Å². The van der Waals surface area contributed by atoms with Crippen molar-refractivity contribution in [2.45, 2.75) is 66.5 Å². The maximum atomic E-state index is 11.9. The zero-order valence-electron chi connectivity index (χ0n) is 18.2. The van der Waals surface area contributed by atoms with E-state index in [9.17, 15) is 4.79 Å². The van der Waals surface area contributed by atoms with Gasteiger partial charge in [-0.2, -0.15) is 0 Å². The number of aromatic nitrogens is 1. The summed E-state index contributed by atoms with van der Waals surface area (Å²) < 4.78 is 7.62. The maximum Gasteiger partial charge on any atom is 0.250 e. The number of unbranched alkanes of at least 4 members (excludes halogenated alkanes) is 1. The van der Waals surface area contributed by atoms with Gasteiger partial charge in [-0.15, -0.1) is 24.0 Å². The first-order chi connectivity index (χ1) is 13.0. The van der Waals surface area contributed by atoms with E-state index in [4.69, 9.17) is 4.74 Å². The van der Waals surface area contributed by atoms with E-state index in [0.717, 1.165) is 63.7 Å². The Kier molecular flexibility index (Phi) is 15.2. The highest BCUT2D eigenvalue weighted by molar-refractivity contribution is 14.0. The first-order valence-electron chi connectivity index (χ1n) is 10.3. The molecule has 1 unspecified atom stereocenters. The van der Waals surface area contributed by atoms with Gasteiger partial charge in [0.25, 0.3) is 5.56 Å². The number of rotatable bonds is 12. The van der Waals surface area contributed by atoms with Gasteiger partial charge in [0, 0.05) is 44.5 Å². The van der Waals surface area contributed by atoms with Crippen LogP contribution in [0.15, 0.2) is 28.0 Å². The molecule has 0 spiro atoms. The van der Waals surface area contributed by atoms with Crippen LogP contribution in [0.3, 0.4) is 0 Å². The van der Waals surface area contributed by atoms with Crippen LogP contribution in [0.4, 0.5) is 0 Å². The Bertz CT molecular complexity index is 617. The Morgan fingerprint density at radius 2 is 1.96 bits per heavy atom. The summed E-state index contributed by atoms with van der Waals surface area (Å²) in [5.74, 6) is 1.36. The highest BCUT2D eigenvalue weighted by Crippen LogP contribution is 2.09. The second-order valence-corrected chi connectivity index (χ2v) is 7.08. The van der Waals surface area contributed by atoms with E-state index in [0.29, 0.717) is 5.92 Å². The second-order valence-electron chi connectivity index (χ2n) is 7.08. The molecule has 1 atom stereocenters. The van der Waals surface area contributed by atoms with Crippen LogP contribution in [0.25, 0.3) is 0 Å². The third-order valence-electron chi connectivity index (χ3n) is 4.52. The van der Waals surface area contributed by atoms with Crippen molar-refractivity contribution in [2.24, 2.45) is 10.9 Å². The molecule has 1 rings (SSSR count). The summed E-state index contributed by atoms with van der Waals surface area (Å²) in [6, 6.07) is 5.40. The SMILES string of the molecule is CCNC(=NCCCCn1c(C)cccc1=O)NCCC(OCC)C(C)C.I. The number of halogens is 1. The molecule has 0 bridgehead atoms. The molecule has 0 saturated carbocycles.